The third kappa shape index (κ3) is 3.41. The zero-order valence-electron chi connectivity index (χ0n) is 17.5. The zero-order chi connectivity index (χ0) is 21.4. The van der Waals surface area contributed by atoms with Crippen LogP contribution in [0.1, 0.15) is 54.5 Å². The third-order valence-corrected chi connectivity index (χ3v) is 6.41. The number of rotatable bonds is 4. The van der Waals surface area contributed by atoms with Crippen molar-refractivity contribution in [3.8, 4) is 11.5 Å². The Morgan fingerprint density at radius 3 is 1.58 bits per heavy atom. The van der Waals surface area contributed by atoms with Gasteiger partial charge in [0, 0.05) is 54.6 Å². The highest BCUT2D eigenvalue weighted by molar-refractivity contribution is 5.58. The topological polar surface area (TPSA) is 98.5 Å². The number of anilines is 2. The number of aromatic nitrogens is 4. The number of nitrogens with zero attached hydrogens (tertiary/aromatic N) is 6. The van der Waals surface area contributed by atoms with Crippen LogP contribution in [0.4, 0.5) is 11.9 Å². The first-order valence-electron chi connectivity index (χ1n) is 10.8. The predicted molar refractivity (Wildman–Crippen MR) is 117 cm³/mol. The first-order chi connectivity index (χ1) is 15.1. The Hall–Kier alpha value is -3.42. The van der Waals surface area contributed by atoms with Crippen LogP contribution in [0.5, 0.6) is 11.5 Å². The largest absolute Gasteiger partial charge is 0.507 e. The number of benzene rings is 1. The Balaban J connectivity index is 1.56. The molecule has 160 valence electrons. The Kier molecular flexibility index (Phi) is 5.05. The summed E-state index contributed by atoms with van der Waals surface area (Å²) in [5.41, 5.74) is 2.14. The Morgan fingerprint density at radius 2 is 1.16 bits per heavy atom. The van der Waals surface area contributed by atoms with Crippen LogP contribution in [0.15, 0.2) is 43.0 Å². The molecule has 2 atom stereocenters. The van der Waals surface area contributed by atoms with E-state index in [0.29, 0.717) is 17.5 Å². The lowest BCUT2D eigenvalue weighted by atomic mass is 9.92. The van der Waals surface area contributed by atoms with Crippen molar-refractivity contribution >= 4 is 11.9 Å². The van der Waals surface area contributed by atoms with Crippen LogP contribution in [-0.2, 0) is 0 Å². The first kappa shape index (κ1) is 19.5. The van der Waals surface area contributed by atoms with E-state index in [2.05, 4.69) is 29.7 Å². The van der Waals surface area contributed by atoms with Crippen LogP contribution < -0.4 is 9.80 Å². The van der Waals surface area contributed by atoms with Crippen molar-refractivity contribution in [3.05, 3.63) is 59.7 Å². The van der Waals surface area contributed by atoms with E-state index in [9.17, 15) is 10.2 Å². The second-order valence-electron chi connectivity index (χ2n) is 8.18. The monoisotopic (exact) mass is 418 g/mol. The van der Waals surface area contributed by atoms with E-state index in [0.717, 1.165) is 49.9 Å². The maximum atomic E-state index is 11.0. The van der Waals surface area contributed by atoms with Gasteiger partial charge in [0.25, 0.3) is 0 Å². The maximum Gasteiger partial charge on any atom is 0.225 e. The van der Waals surface area contributed by atoms with Gasteiger partial charge in [0.15, 0.2) is 0 Å². The van der Waals surface area contributed by atoms with E-state index in [1.165, 1.54) is 0 Å². The van der Waals surface area contributed by atoms with Gasteiger partial charge in [-0.15, -0.1) is 0 Å². The standard InChI is InChI=1S/C23H26N6O2/c1-15-20(30)16(18-6-2-12-28(18)22-24-8-4-9-25-22)14-17(21(15)31)19-7-3-13-29(19)23-26-10-5-11-27-23/h4-5,8-11,14,18-19,30-31H,2-3,6-7,12-13H2,1H3. The van der Waals surface area contributed by atoms with Crippen molar-refractivity contribution in [1.29, 1.82) is 0 Å². The van der Waals surface area contributed by atoms with Gasteiger partial charge in [-0.3, -0.25) is 0 Å². The van der Waals surface area contributed by atoms with Gasteiger partial charge < -0.3 is 20.0 Å². The van der Waals surface area contributed by atoms with Crippen molar-refractivity contribution in [1.82, 2.24) is 19.9 Å². The third-order valence-electron chi connectivity index (χ3n) is 6.41. The lowest BCUT2D eigenvalue weighted by Crippen LogP contribution is -2.26. The lowest BCUT2D eigenvalue weighted by Gasteiger charge is -2.30. The molecule has 0 amide bonds. The van der Waals surface area contributed by atoms with E-state index >= 15 is 0 Å². The highest BCUT2D eigenvalue weighted by Crippen LogP contribution is 2.47. The van der Waals surface area contributed by atoms with Crippen molar-refractivity contribution < 1.29 is 10.2 Å². The summed E-state index contributed by atoms with van der Waals surface area (Å²) in [6, 6.07) is 5.49. The average molecular weight is 419 g/mol. The lowest BCUT2D eigenvalue weighted by molar-refractivity contribution is 0.426. The quantitative estimate of drug-likeness (QED) is 0.662. The van der Waals surface area contributed by atoms with Crippen LogP contribution >= 0.6 is 0 Å². The first-order valence-corrected chi connectivity index (χ1v) is 10.8. The summed E-state index contributed by atoms with van der Waals surface area (Å²) in [4.78, 5) is 21.9. The number of phenols is 2. The van der Waals surface area contributed by atoms with Crippen LogP contribution in [0.2, 0.25) is 0 Å². The normalized spacial score (nSPS) is 21.1. The number of phenolic OH excluding ortho intramolecular Hbond substituents is 2. The summed E-state index contributed by atoms with van der Waals surface area (Å²) in [6.45, 7) is 3.43. The predicted octanol–water partition coefficient (Wildman–Crippen LogP) is 3.67. The Labute approximate surface area is 181 Å². The van der Waals surface area contributed by atoms with Gasteiger partial charge in [-0.05, 0) is 50.8 Å². The molecule has 0 bridgehead atoms. The molecule has 8 heteroatoms. The fourth-order valence-electron chi connectivity index (χ4n) is 4.90. The van der Waals surface area contributed by atoms with E-state index < -0.39 is 0 Å². The van der Waals surface area contributed by atoms with Crippen molar-refractivity contribution in [2.24, 2.45) is 0 Å². The van der Waals surface area contributed by atoms with Crippen molar-refractivity contribution in [2.45, 2.75) is 44.7 Å². The molecule has 3 aromatic rings. The van der Waals surface area contributed by atoms with Gasteiger partial charge >= 0.3 is 0 Å². The van der Waals surface area contributed by atoms with Gasteiger partial charge in [0.1, 0.15) is 11.5 Å². The molecule has 5 rings (SSSR count). The fourth-order valence-corrected chi connectivity index (χ4v) is 4.90. The summed E-state index contributed by atoms with van der Waals surface area (Å²) >= 11 is 0. The number of hydrogen-bond acceptors (Lipinski definition) is 8. The maximum absolute atomic E-state index is 11.0. The molecular weight excluding hydrogens is 392 g/mol. The van der Waals surface area contributed by atoms with E-state index in [1.54, 1.807) is 43.8 Å². The molecule has 2 unspecified atom stereocenters. The fraction of sp³-hybridized carbons (Fsp3) is 0.391. The molecule has 4 heterocycles. The van der Waals surface area contributed by atoms with Crippen molar-refractivity contribution in [3.63, 3.8) is 0 Å². The molecule has 2 aliphatic heterocycles. The van der Waals surface area contributed by atoms with Gasteiger partial charge in [-0.25, -0.2) is 19.9 Å². The summed E-state index contributed by atoms with van der Waals surface area (Å²) in [5.74, 6) is 1.62. The zero-order valence-corrected chi connectivity index (χ0v) is 17.5. The van der Waals surface area contributed by atoms with Gasteiger partial charge in [-0.1, -0.05) is 0 Å². The Morgan fingerprint density at radius 1 is 0.742 bits per heavy atom. The molecule has 2 aliphatic rings. The van der Waals surface area contributed by atoms with E-state index in [-0.39, 0.29) is 23.6 Å². The average Bonchev–Trinajstić information content (AvgIpc) is 3.49. The summed E-state index contributed by atoms with van der Waals surface area (Å²) < 4.78 is 0. The number of aromatic hydroxyl groups is 2. The highest BCUT2D eigenvalue weighted by Gasteiger charge is 2.35. The molecule has 31 heavy (non-hydrogen) atoms. The molecule has 0 spiro atoms. The molecular formula is C23H26N6O2. The van der Waals surface area contributed by atoms with E-state index in [4.69, 9.17) is 0 Å². The molecule has 0 saturated carbocycles. The van der Waals surface area contributed by atoms with Crippen LogP contribution in [0, 0.1) is 6.92 Å². The second-order valence-corrected chi connectivity index (χ2v) is 8.18. The van der Waals surface area contributed by atoms with Gasteiger partial charge in [0.2, 0.25) is 11.9 Å². The smallest absolute Gasteiger partial charge is 0.225 e. The Bertz CT molecular complexity index is 981. The molecule has 2 saturated heterocycles. The molecule has 2 aromatic heterocycles. The molecule has 0 aliphatic carbocycles. The molecule has 2 fully saturated rings. The summed E-state index contributed by atoms with van der Waals surface area (Å²) in [5, 5.41) is 22.0. The van der Waals surface area contributed by atoms with Gasteiger partial charge in [-0.2, -0.15) is 0 Å². The molecule has 1 aromatic carbocycles. The minimum atomic E-state index is -0.0386. The molecule has 8 nitrogen and oxygen atoms in total. The van der Waals surface area contributed by atoms with E-state index in [1.807, 2.05) is 6.07 Å². The summed E-state index contributed by atoms with van der Waals surface area (Å²) in [6.07, 6.45) is 10.7. The van der Waals surface area contributed by atoms with Crippen LogP contribution in [-0.4, -0.2) is 43.2 Å². The molecule has 2 N–H and O–H groups in total. The minimum Gasteiger partial charge on any atom is -0.507 e. The van der Waals surface area contributed by atoms with Crippen LogP contribution in [0.25, 0.3) is 0 Å². The highest BCUT2D eigenvalue weighted by atomic mass is 16.3. The SMILES string of the molecule is Cc1c(O)c(C2CCCN2c2ncccn2)cc(C2CCCN2c2ncccn2)c1O. The van der Waals surface area contributed by atoms with Gasteiger partial charge in [0.05, 0.1) is 12.1 Å². The second kappa shape index (κ2) is 8.02. The summed E-state index contributed by atoms with van der Waals surface area (Å²) in [7, 11) is 0. The minimum absolute atomic E-state index is 0.0386. The van der Waals surface area contributed by atoms with Crippen molar-refractivity contribution in [2.75, 3.05) is 22.9 Å². The number of hydrogen-bond donors (Lipinski definition) is 2. The molecule has 0 radical (unpaired) electrons. The van der Waals surface area contributed by atoms with Crippen LogP contribution in [0.3, 0.4) is 0 Å².